The molecule has 1 N–H and O–H groups in total. The van der Waals surface area contributed by atoms with Gasteiger partial charge in [-0.25, -0.2) is 4.52 Å². The van der Waals surface area contributed by atoms with E-state index in [9.17, 15) is 9.59 Å². The zero-order valence-electron chi connectivity index (χ0n) is 15.9. The number of nitrogens with zero attached hydrogens (tertiary/aromatic N) is 3. The predicted molar refractivity (Wildman–Crippen MR) is 112 cm³/mol. The Morgan fingerprint density at radius 1 is 1.21 bits per heavy atom. The SMILES string of the molecule is COc1cccc(-c2cc3c(=O)n(CCNC(=O)Cc4cccs4)ccn3n2)c1. The fourth-order valence-electron chi connectivity index (χ4n) is 3.08. The molecular formula is C21H20N4O3S. The molecular weight excluding hydrogens is 388 g/mol. The summed E-state index contributed by atoms with van der Waals surface area (Å²) in [4.78, 5) is 25.8. The molecule has 0 aliphatic carbocycles. The van der Waals surface area contributed by atoms with E-state index in [1.165, 1.54) is 0 Å². The number of hydrogen-bond acceptors (Lipinski definition) is 5. The molecule has 0 spiro atoms. The van der Waals surface area contributed by atoms with Gasteiger partial charge >= 0.3 is 0 Å². The number of benzene rings is 1. The molecule has 0 aliphatic rings. The molecule has 0 bridgehead atoms. The molecule has 0 unspecified atom stereocenters. The van der Waals surface area contributed by atoms with Crippen molar-refractivity contribution in [3.8, 4) is 17.0 Å². The highest BCUT2D eigenvalue weighted by atomic mass is 32.1. The van der Waals surface area contributed by atoms with E-state index in [4.69, 9.17) is 4.74 Å². The van der Waals surface area contributed by atoms with Crippen LogP contribution in [0.15, 0.2) is 65.0 Å². The fourth-order valence-corrected chi connectivity index (χ4v) is 3.78. The minimum absolute atomic E-state index is 0.0498. The molecule has 29 heavy (non-hydrogen) atoms. The van der Waals surface area contributed by atoms with Crippen LogP contribution in [-0.2, 0) is 17.8 Å². The first-order valence-corrected chi connectivity index (χ1v) is 10.0. The van der Waals surface area contributed by atoms with E-state index in [-0.39, 0.29) is 11.5 Å². The summed E-state index contributed by atoms with van der Waals surface area (Å²) < 4.78 is 8.41. The molecule has 4 rings (SSSR count). The fraction of sp³-hybridized carbons (Fsp3) is 0.190. The smallest absolute Gasteiger partial charge is 0.276 e. The van der Waals surface area contributed by atoms with E-state index in [2.05, 4.69) is 10.4 Å². The van der Waals surface area contributed by atoms with Crippen LogP contribution in [0.3, 0.4) is 0 Å². The number of fused-ring (bicyclic) bond motifs is 1. The van der Waals surface area contributed by atoms with Crippen LogP contribution in [0.2, 0.25) is 0 Å². The van der Waals surface area contributed by atoms with Crippen molar-refractivity contribution in [3.63, 3.8) is 0 Å². The van der Waals surface area contributed by atoms with Gasteiger partial charge in [0.15, 0.2) is 0 Å². The Morgan fingerprint density at radius 3 is 2.90 bits per heavy atom. The van der Waals surface area contributed by atoms with Crippen molar-refractivity contribution in [1.82, 2.24) is 19.5 Å². The summed E-state index contributed by atoms with van der Waals surface area (Å²) in [6.07, 6.45) is 3.79. The number of carbonyl (C=O) groups excluding carboxylic acids is 1. The Labute approximate surface area is 171 Å². The number of ether oxygens (including phenoxy) is 1. The van der Waals surface area contributed by atoms with Crippen molar-refractivity contribution in [2.24, 2.45) is 0 Å². The standard InChI is InChI=1S/C21H20N4O3S/c1-28-16-5-2-4-15(12-16)18-14-19-21(27)24(9-10-25(19)23-18)8-7-22-20(26)13-17-6-3-11-29-17/h2-6,9-12,14H,7-8,13H2,1H3,(H,22,26). The van der Waals surface area contributed by atoms with Gasteiger partial charge in [-0.2, -0.15) is 5.10 Å². The number of hydrogen-bond donors (Lipinski definition) is 1. The number of nitrogens with one attached hydrogen (secondary N) is 1. The Bertz CT molecular complexity index is 1190. The molecule has 1 amide bonds. The van der Waals surface area contributed by atoms with Gasteiger partial charge in [-0.15, -0.1) is 11.3 Å². The van der Waals surface area contributed by atoms with Crippen LogP contribution in [0.5, 0.6) is 5.75 Å². The number of aromatic nitrogens is 3. The molecule has 0 saturated heterocycles. The number of carbonyl (C=O) groups is 1. The Hall–Kier alpha value is -3.39. The minimum Gasteiger partial charge on any atom is -0.497 e. The lowest BCUT2D eigenvalue weighted by atomic mass is 10.1. The van der Waals surface area contributed by atoms with Crippen LogP contribution in [0.25, 0.3) is 16.8 Å². The van der Waals surface area contributed by atoms with Crippen LogP contribution in [0.4, 0.5) is 0 Å². The van der Waals surface area contributed by atoms with E-state index in [1.807, 2.05) is 41.8 Å². The summed E-state index contributed by atoms with van der Waals surface area (Å²) >= 11 is 1.55. The molecule has 7 nitrogen and oxygen atoms in total. The van der Waals surface area contributed by atoms with Gasteiger partial charge in [-0.1, -0.05) is 18.2 Å². The molecule has 0 radical (unpaired) electrons. The van der Waals surface area contributed by atoms with Crippen molar-refractivity contribution in [3.05, 3.63) is 75.5 Å². The van der Waals surface area contributed by atoms with Crippen molar-refractivity contribution in [1.29, 1.82) is 0 Å². The third-order valence-electron chi connectivity index (χ3n) is 4.56. The molecule has 0 saturated carbocycles. The molecule has 148 valence electrons. The molecule has 8 heteroatoms. The van der Waals surface area contributed by atoms with Gasteiger partial charge in [0.05, 0.1) is 19.2 Å². The quantitative estimate of drug-likeness (QED) is 0.510. The van der Waals surface area contributed by atoms with E-state index in [0.29, 0.717) is 30.7 Å². The summed E-state index contributed by atoms with van der Waals surface area (Å²) in [6.45, 7) is 0.780. The lowest BCUT2D eigenvalue weighted by Gasteiger charge is -2.07. The van der Waals surface area contributed by atoms with E-state index in [1.54, 1.807) is 46.0 Å². The lowest BCUT2D eigenvalue weighted by Crippen LogP contribution is -2.31. The zero-order chi connectivity index (χ0) is 20.2. The van der Waals surface area contributed by atoms with Gasteiger partial charge < -0.3 is 14.6 Å². The van der Waals surface area contributed by atoms with E-state index >= 15 is 0 Å². The predicted octanol–water partition coefficient (Wildman–Crippen LogP) is 2.59. The normalized spacial score (nSPS) is 10.9. The van der Waals surface area contributed by atoms with Crippen LogP contribution >= 0.6 is 11.3 Å². The molecule has 0 atom stereocenters. The topological polar surface area (TPSA) is 77.6 Å². The number of methoxy groups -OCH3 is 1. The Morgan fingerprint density at radius 2 is 2.10 bits per heavy atom. The second-order valence-corrected chi connectivity index (χ2v) is 7.53. The Kier molecular flexibility index (Phi) is 5.44. The largest absolute Gasteiger partial charge is 0.497 e. The molecule has 1 aromatic carbocycles. The van der Waals surface area contributed by atoms with Crippen LogP contribution in [-0.4, -0.2) is 33.7 Å². The summed E-state index contributed by atoms with van der Waals surface area (Å²) in [5.41, 5.74) is 1.90. The Balaban J connectivity index is 1.47. The summed E-state index contributed by atoms with van der Waals surface area (Å²) in [5, 5.41) is 9.30. The molecule has 3 aromatic heterocycles. The van der Waals surface area contributed by atoms with E-state index < -0.39 is 0 Å². The molecule has 0 aliphatic heterocycles. The van der Waals surface area contributed by atoms with Crippen LogP contribution in [0.1, 0.15) is 4.88 Å². The van der Waals surface area contributed by atoms with Gasteiger partial charge in [0.2, 0.25) is 5.91 Å². The number of amides is 1. The average Bonchev–Trinajstić information content (AvgIpc) is 3.40. The van der Waals surface area contributed by atoms with Gasteiger partial charge in [0.1, 0.15) is 11.3 Å². The van der Waals surface area contributed by atoms with Gasteiger partial charge in [-0.05, 0) is 29.6 Å². The van der Waals surface area contributed by atoms with Gasteiger partial charge in [-0.3, -0.25) is 9.59 Å². The zero-order valence-corrected chi connectivity index (χ0v) is 16.7. The van der Waals surface area contributed by atoms with Crippen molar-refractivity contribution < 1.29 is 9.53 Å². The second kappa shape index (κ2) is 8.32. The molecule has 0 fully saturated rings. The first-order chi connectivity index (χ1) is 14.1. The number of thiophene rings is 1. The maximum absolute atomic E-state index is 12.8. The van der Waals surface area contributed by atoms with Crippen LogP contribution in [0, 0.1) is 0 Å². The first-order valence-electron chi connectivity index (χ1n) is 9.16. The summed E-state index contributed by atoms with van der Waals surface area (Å²) in [6, 6.07) is 13.2. The summed E-state index contributed by atoms with van der Waals surface area (Å²) in [7, 11) is 1.61. The van der Waals surface area contributed by atoms with Crippen molar-refractivity contribution in [2.45, 2.75) is 13.0 Å². The van der Waals surface area contributed by atoms with Gasteiger partial charge in [0.25, 0.3) is 5.56 Å². The minimum atomic E-state index is -0.151. The van der Waals surface area contributed by atoms with Crippen LogP contribution < -0.4 is 15.6 Å². The molecule has 4 aromatic rings. The maximum atomic E-state index is 12.8. The highest BCUT2D eigenvalue weighted by Crippen LogP contribution is 2.23. The lowest BCUT2D eigenvalue weighted by molar-refractivity contribution is -0.120. The average molecular weight is 408 g/mol. The highest BCUT2D eigenvalue weighted by molar-refractivity contribution is 7.10. The molecule has 3 heterocycles. The summed E-state index contributed by atoms with van der Waals surface area (Å²) in [5.74, 6) is 0.682. The number of rotatable bonds is 7. The highest BCUT2D eigenvalue weighted by Gasteiger charge is 2.10. The van der Waals surface area contributed by atoms with Crippen molar-refractivity contribution >= 4 is 22.8 Å². The third-order valence-corrected chi connectivity index (χ3v) is 5.44. The monoisotopic (exact) mass is 408 g/mol. The van der Waals surface area contributed by atoms with Gasteiger partial charge in [0, 0.05) is 35.9 Å². The first kappa shape index (κ1) is 18.9. The van der Waals surface area contributed by atoms with Crippen molar-refractivity contribution in [2.75, 3.05) is 13.7 Å². The maximum Gasteiger partial charge on any atom is 0.276 e. The third kappa shape index (κ3) is 4.22. The van der Waals surface area contributed by atoms with E-state index in [0.717, 1.165) is 16.2 Å². The second-order valence-electron chi connectivity index (χ2n) is 6.49.